The van der Waals surface area contributed by atoms with Crippen molar-refractivity contribution in [1.82, 2.24) is 9.55 Å². The first-order valence-corrected chi connectivity index (χ1v) is 8.75. The standard InChI is InChI=1S/C18H24BF3N2O3/c1-15(2,9-25)24-10-23-13-8-11(7-12(14(13)24)18(20,21)22)19-26-16(3,4)17(5,6)27-19/h7-8,10,25H,9H2,1-6H3. The van der Waals surface area contributed by atoms with Crippen LogP contribution in [-0.2, 0) is 21.0 Å². The number of aromatic nitrogens is 2. The molecule has 2 heterocycles. The Labute approximate surface area is 156 Å². The van der Waals surface area contributed by atoms with E-state index in [4.69, 9.17) is 9.31 Å². The van der Waals surface area contributed by atoms with Gasteiger partial charge >= 0.3 is 13.3 Å². The first-order valence-electron chi connectivity index (χ1n) is 8.75. The van der Waals surface area contributed by atoms with Crippen LogP contribution in [0.4, 0.5) is 13.2 Å². The second kappa shape index (κ2) is 5.96. The van der Waals surface area contributed by atoms with E-state index in [1.54, 1.807) is 19.9 Å². The minimum atomic E-state index is -4.60. The molecule has 0 spiro atoms. The molecule has 0 atom stereocenters. The lowest BCUT2D eigenvalue weighted by Crippen LogP contribution is -2.41. The van der Waals surface area contributed by atoms with Crippen molar-refractivity contribution < 1.29 is 27.6 Å². The molecule has 1 saturated heterocycles. The third-order valence-corrected chi connectivity index (χ3v) is 5.54. The van der Waals surface area contributed by atoms with Gasteiger partial charge in [-0.2, -0.15) is 13.2 Å². The Morgan fingerprint density at radius 2 is 1.67 bits per heavy atom. The van der Waals surface area contributed by atoms with Crippen LogP contribution < -0.4 is 5.46 Å². The van der Waals surface area contributed by atoms with Gasteiger partial charge in [0, 0.05) is 0 Å². The number of fused-ring (bicyclic) bond motifs is 1. The van der Waals surface area contributed by atoms with Gasteiger partial charge in [-0.3, -0.25) is 0 Å². The van der Waals surface area contributed by atoms with Crippen molar-refractivity contribution in [3.63, 3.8) is 0 Å². The average Bonchev–Trinajstić information content (AvgIpc) is 3.04. The molecular formula is C18H24BF3N2O3. The van der Waals surface area contributed by atoms with E-state index >= 15 is 0 Å². The quantitative estimate of drug-likeness (QED) is 0.827. The molecule has 1 aliphatic heterocycles. The SMILES string of the molecule is CC(C)(CO)n1cnc2cc(B3OC(C)(C)C(C)(C)O3)cc(C(F)(F)F)c21. The summed E-state index contributed by atoms with van der Waals surface area (Å²) in [6.45, 7) is 10.3. The Bertz CT molecular complexity index is 859. The molecule has 3 rings (SSSR count). The normalized spacial score (nSPS) is 19.9. The molecule has 0 aliphatic carbocycles. The molecule has 1 aliphatic rings. The van der Waals surface area contributed by atoms with Crippen LogP contribution in [0.2, 0.25) is 0 Å². The number of imidazole rings is 1. The van der Waals surface area contributed by atoms with Crippen molar-refractivity contribution in [3.05, 3.63) is 24.0 Å². The van der Waals surface area contributed by atoms with Gasteiger partial charge in [0.1, 0.15) is 0 Å². The van der Waals surface area contributed by atoms with Crippen molar-refractivity contribution in [3.8, 4) is 0 Å². The molecule has 0 bridgehead atoms. The zero-order valence-corrected chi connectivity index (χ0v) is 16.3. The number of nitrogens with zero attached hydrogens (tertiary/aromatic N) is 2. The first-order chi connectivity index (χ1) is 12.2. The number of hydrogen-bond donors (Lipinski definition) is 1. The van der Waals surface area contributed by atoms with Crippen LogP contribution in [0.5, 0.6) is 0 Å². The largest absolute Gasteiger partial charge is 0.494 e. The van der Waals surface area contributed by atoms with Crippen LogP contribution in [0.15, 0.2) is 18.5 Å². The van der Waals surface area contributed by atoms with Crippen LogP contribution in [-0.4, -0.2) is 39.6 Å². The summed E-state index contributed by atoms with van der Waals surface area (Å²) in [6.07, 6.45) is -3.27. The van der Waals surface area contributed by atoms with Gasteiger partial charge in [0.05, 0.1) is 46.3 Å². The molecule has 2 aromatic rings. The van der Waals surface area contributed by atoms with Crippen LogP contribution in [0.1, 0.15) is 47.1 Å². The summed E-state index contributed by atoms with van der Waals surface area (Å²) in [5.41, 5.74) is -2.71. The number of alkyl halides is 3. The molecular weight excluding hydrogens is 360 g/mol. The van der Waals surface area contributed by atoms with Crippen molar-refractivity contribution in [1.29, 1.82) is 0 Å². The zero-order chi connectivity index (χ0) is 20.4. The Kier molecular flexibility index (Phi) is 4.45. The predicted molar refractivity (Wildman–Crippen MR) is 96.9 cm³/mol. The first kappa shape index (κ1) is 20.2. The van der Waals surface area contributed by atoms with Gasteiger partial charge in [-0.05, 0) is 59.1 Å². The maximum Gasteiger partial charge on any atom is 0.494 e. The molecule has 1 aromatic carbocycles. The minimum absolute atomic E-state index is 0.0678. The van der Waals surface area contributed by atoms with Gasteiger partial charge in [0.15, 0.2) is 0 Å². The van der Waals surface area contributed by atoms with Gasteiger partial charge in [-0.1, -0.05) is 0 Å². The number of aliphatic hydroxyl groups excluding tert-OH is 1. The van der Waals surface area contributed by atoms with Crippen molar-refractivity contribution >= 4 is 23.6 Å². The minimum Gasteiger partial charge on any atom is -0.399 e. The van der Waals surface area contributed by atoms with Gasteiger partial charge in [-0.15, -0.1) is 0 Å². The Morgan fingerprint density at radius 3 is 2.15 bits per heavy atom. The molecule has 27 heavy (non-hydrogen) atoms. The second-order valence-electron chi connectivity index (χ2n) is 8.61. The lowest BCUT2D eigenvalue weighted by Gasteiger charge is -2.32. The maximum atomic E-state index is 13.9. The lowest BCUT2D eigenvalue weighted by molar-refractivity contribution is -0.136. The number of hydrogen-bond acceptors (Lipinski definition) is 4. The topological polar surface area (TPSA) is 56.5 Å². The van der Waals surface area contributed by atoms with E-state index in [1.165, 1.54) is 10.9 Å². The average molecular weight is 384 g/mol. The molecule has 0 radical (unpaired) electrons. The fraction of sp³-hybridized carbons (Fsp3) is 0.611. The molecule has 0 amide bonds. The van der Waals surface area contributed by atoms with E-state index < -0.39 is 35.6 Å². The molecule has 1 aromatic heterocycles. The molecule has 0 saturated carbocycles. The summed E-state index contributed by atoms with van der Waals surface area (Å²) in [5, 5.41) is 9.59. The number of rotatable bonds is 3. The highest BCUT2D eigenvalue weighted by Crippen LogP contribution is 2.39. The van der Waals surface area contributed by atoms with Crippen molar-refractivity contribution in [2.45, 2.75) is 64.5 Å². The van der Waals surface area contributed by atoms with Crippen molar-refractivity contribution in [2.75, 3.05) is 6.61 Å². The molecule has 1 N–H and O–H groups in total. The third-order valence-electron chi connectivity index (χ3n) is 5.54. The molecule has 5 nitrogen and oxygen atoms in total. The summed E-state index contributed by atoms with van der Waals surface area (Å²) in [7, 11) is -0.920. The van der Waals surface area contributed by atoms with Gasteiger partial charge in [0.25, 0.3) is 0 Å². The van der Waals surface area contributed by atoms with E-state index in [0.29, 0.717) is 0 Å². The smallest absolute Gasteiger partial charge is 0.399 e. The predicted octanol–water partition coefficient (Wildman–Crippen LogP) is 3.08. The second-order valence-corrected chi connectivity index (χ2v) is 8.61. The highest BCUT2D eigenvalue weighted by molar-refractivity contribution is 6.62. The van der Waals surface area contributed by atoms with E-state index in [0.717, 1.165) is 6.07 Å². The van der Waals surface area contributed by atoms with E-state index in [1.807, 2.05) is 27.7 Å². The Hall–Kier alpha value is -1.58. The third kappa shape index (κ3) is 3.26. The molecule has 9 heteroatoms. The van der Waals surface area contributed by atoms with E-state index in [-0.39, 0.29) is 23.1 Å². The highest BCUT2D eigenvalue weighted by atomic mass is 19.4. The number of halogens is 3. The van der Waals surface area contributed by atoms with Crippen LogP contribution in [0.3, 0.4) is 0 Å². The van der Waals surface area contributed by atoms with Crippen LogP contribution in [0, 0.1) is 0 Å². The molecule has 1 fully saturated rings. The van der Waals surface area contributed by atoms with Gasteiger partial charge < -0.3 is 19.0 Å². The Morgan fingerprint density at radius 1 is 1.11 bits per heavy atom. The zero-order valence-electron chi connectivity index (χ0n) is 16.3. The van der Waals surface area contributed by atoms with E-state index in [2.05, 4.69) is 4.98 Å². The summed E-state index contributed by atoms with van der Waals surface area (Å²) < 4.78 is 54.7. The summed E-state index contributed by atoms with van der Waals surface area (Å²) in [4.78, 5) is 4.15. The number of aliphatic hydroxyl groups is 1. The molecule has 148 valence electrons. The highest BCUT2D eigenvalue weighted by Gasteiger charge is 2.52. The van der Waals surface area contributed by atoms with Gasteiger partial charge in [-0.25, -0.2) is 4.98 Å². The Balaban J connectivity index is 2.20. The summed E-state index contributed by atoms with van der Waals surface area (Å²) >= 11 is 0. The van der Waals surface area contributed by atoms with Gasteiger partial charge in [0.2, 0.25) is 0 Å². The molecule has 0 unspecified atom stereocenters. The monoisotopic (exact) mass is 384 g/mol. The summed E-state index contributed by atoms with van der Waals surface area (Å²) in [6, 6.07) is 2.60. The van der Waals surface area contributed by atoms with Crippen LogP contribution in [0.25, 0.3) is 11.0 Å². The summed E-state index contributed by atoms with van der Waals surface area (Å²) in [5.74, 6) is 0. The van der Waals surface area contributed by atoms with Crippen LogP contribution >= 0.6 is 0 Å². The lowest BCUT2D eigenvalue weighted by atomic mass is 9.78. The maximum absolute atomic E-state index is 13.9. The fourth-order valence-electron chi connectivity index (χ4n) is 3.04. The fourth-order valence-corrected chi connectivity index (χ4v) is 3.04. The van der Waals surface area contributed by atoms with Crippen molar-refractivity contribution in [2.24, 2.45) is 0 Å². The van der Waals surface area contributed by atoms with E-state index in [9.17, 15) is 18.3 Å². The number of benzene rings is 1.